The van der Waals surface area contributed by atoms with Crippen molar-refractivity contribution in [3.63, 3.8) is 0 Å². The van der Waals surface area contributed by atoms with Gasteiger partial charge in [-0.05, 0) is 42.5 Å². The summed E-state index contributed by atoms with van der Waals surface area (Å²) in [6.07, 6.45) is 0. The highest BCUT2D eigenvalue weighted by Crippen LogP contribution is 2.27. The van der Waals surface area contributed by atoms with Crippen molar-refractivity contribution in [2.45, 2.75) is 0 Å². The van der Waals surface area contributed by atoms with Crippen LogP contribution in [-0.2, 0) is 0 Å². The molecule has 27 heavy (non-hydrogen) atoms. The van der Waals surface area contributed by atoms with E-state index in [4.69, 9.17) is 16.3 Å². The van der Waals surface area contributed by atoms with Gasteiger partial charge < -0.3 is 10.1 Å². The van der Waals surface area contributed by atoms with E-state index in [2.05, 4.69) is 10.3 Å². The summed E-state index contributed by atoms with van der Waals surface area (Å²) in [5, 5.41) is 4.29. The van der Waals surface area contributed by atoms with E-state index < -0.39 is 0 Å². The van der Waals surface area contributed by atoms with Crippen molar-refractivity contribution in [2.75, 3.05) is 5.32 Å². The van der Waals surface area contributed by atoms with Crippen LogP contribution in [0.3, 0.4) is 0 Å². The first kappa shape index (κ1) is 17.1. The predicted molar refractivity (Wildman–Crippen MR) is 108 cm³/mol. The lowest BCUT2D eigenvalue weighted by molar-refractivity contribution is 0.102. The topological polar surface area (TPSA) is 51.2 Å². The number of fused-ring (bicyclic) bond motifs is 1. The molecule has 0 aliphatic heterocycles. The summed E-state index contributed by atoms with van der Waals surface area (Å²) in [4.78, 5) is 17.4. The number of nitrogens with one attached hydrogen (secondary N) is 1. The Balaban J connectivity index is 1.72. The third-order valence-corrected chi connectivity index (χ3v) is 4.26. The third kappa shape index (κ3) is 3.91. The predicted octanol–water partition coefficient (Wildman–Crippen LogP) is 5.93. The molecule has 4 nitrogen and oxygen atoms in total. The minimum Gasteiger partial charge on any atom is -0.439 e. The van der Waals surface area contributed by atoms with Gasteiger partial charge in [0.05, 0.1) is 11.1 Å². The lowest BCUT2D eigenvalue weighted by Crippen LogP contribution is -2.13. The molecule has 0 unspecified atom stereocenters. The van der Waals surface area contributed by atoms with Crippen LogP contribution in [0.2, 0.25) is 5.02 Å². The van der Waals surface area contributed by atoms with Crippen molar-refractivity contribution in [1.82, 2.24) is 4.98 Å². The fourth-order valence-corrected chi connectivity index (χ4v) is 2.86. The third-order valence-electron chi connectivity index (χ3n) is 4.01. The zero-order valence-electron chi connectivity index (χ0n) is 14.2. The summed E-state index contributed by atoms with van der Waals surface area (Å²) in [5.74, 6) is 0.714. The van der Waals surface area contributed by atoms with Crippen molar-refractivity contribution in [2.24, 2.45) is 0 Å². The molecule has 3 aromatic carbocycles. The second-order valence-corrected chi connectivity index (χ2v) is 6.34. The number of hydrogen-bond acceptors (Lipinski definition) is 3. The smallest absolute Gasteiger partial charge is 0.256 e. The zero-order chi connectivity index (χ0) is 18.6. The molecule has 1 amide bonds. The minimum absolute atomic E-state index is 0.222. The monoisotopic (exact) mass is 374 g/mol. The van der Waals surface area contributed by atoms with Gasteiger partial charge in [0.25, 0.3) is 5.91 Å². The maximum atomic E-state index is 12.9. The molecular weight excluding hydrogens is 360 g/mol. The molecule has 1 aromatic heterocycles. The number of hydrogen-bond donors (Lipinski definition) is 1. The Morgan fingerprint density at radius 2 is 1.59 bits per heavy atom. The van der Waals surface area contributed by atoms with E-state index >= 15 is 0 Å². The molecule has 0 saturated heterocycles. The van der Waals surface area contributed by atoms with Crippen LogP contribution in [-0.4, -0.2) is 10.9 Å². The van der Waals surface area contributed by atoms with E-state index in [-0.39, 0.29) is 5.91 Å². The van der Waals surface area contributed by atoms with Gasteiger partial charge >= 0.3 is 0 Å². The van der Waals surface area contributed by atoms with Gasteiger partial charge in [-0.15, -0.1) is 0 Å². The molecule has 5 heteroatoms. The summed E-state index contributed by atoms with van der Waals surface area (Å²) >= 11 is 5.91. The molecule has 1 heterocycles. The molecule has 0 atom stereocenters. The number of amides is 1. The summed E-state index contributed by atoms with van der Waals surface area (Å²) in [7, 11) is 0. The SMILES string of the molecule is O=C(Nc1ccccc1)c1cc(Oc2ccc(Cl)cc2)nc2ccccc12. The average Bonchev–Trinajstić information content (AvgIpc) is 2.70. The first-order chi connectivity index (χ1) is 13.2. The van der Waals surface area contributed by atoms with Gasteiger partial charge in [0.1, 0.15) is 5.75 Å². The fourth-order valence-electron chi connectivity index (χ4n) is 2.73. The number of halogens is 1. The Kier molecular flexibility index (Phi) is 4.73. The van der Waals surface area contributed by atoms with Gasteiger partial charge in [0, 0.05) is 22.2 Å². The minimum atomic E-state index is -0.222. The highest BCUT2D eigenvalue weighted by atomic mass is 35.5. The molecule has 0 spiro atoms. The Hall–Kier alpha value is -3.37. The van der Waals surface area contributed by atoms with E-state index in [0.717, 1.165) is 11.1 Å². The molecule has 0 fully saturated rings. The number of carbonyl (C=O) groups excluding carboxylic acids is 1. The first-order valence-corrected chi connectivity index (χ1v) is 8.76. The summed E-state index contributed by atoms with van der Waals surface area (Å²) in [6.45, 7) is 0. The van der Waals surface area contributed by atoms with E-state index in [1.54, 1.807) is 30.3 Å². The largest absolute Gasteiger partial charge is 0.439 e. The van der Waals surface area contributed by atoms with Gasteiger partial charge in [-0.3, -0.25) is 4.79 Å². The van der Waals surface area contributed by atoms with E-state index in [9.17, 15) is 4.79 Å². The van der Waals surface area contributed by atoms with Gasteiger partial charge in [-0.1, -0.05) is 48.0 Å². The van der Waals surface area contributed by atoms with Gasteiger partial charge in [-0.2, -0.15) is 0 Å². The molecule has 0 bridgehead atoms. The van der Waals surface area contributed by atoms with Crippen LogP contribution in [0.15, 0.2) is 84.9 Å². The zero-order valence-corrected chi connectivity index (χ0v) is 15.0. The van der Waals surface area contributed by atoms with Crippen molar-refractivity contribution in [1.29, 1.82) is 0 Å². The maximum absolute atomic E-state index is 12.9. The number of carbonyl (C=O) groups is 1. The van der Waals surface area contributed by atoms with Crippen LogP contribution < -0.4 is 10.1 Å². The molecule has 4 aromatic rings. The van der Waals surface area contributed by atoms with Crippen LogP contribution in [0.1, 0.15) is 10.4 Å². The van der Waals surface area contributed by atoms with E-state index in [1.165, 1.54) is 0 Å². The molecule has 0 aliphatic carbocycles. The number of aromatic nitrogens is 1. The Bertz CT molecular complexity index is 1100. The Morgan fingerprint density at radius 3 is 2.37 bits per heavy atom. The van der Waals surface area contributed by atoms with Crippen LogP contribution in [0.5, 0.6) is 11.6 Å². The van der Waals surface area contributed by atoms with Gasteiger partial charge in [0.2, 0.25) is 5.88 Å². The molecule has 0 aliphatic rings. The molecular formula is C22H15ClN2O2. The Labute approximate surface area is 161 Å². The average molecular weight is 375 g/mol. The van der Waals surface area contributed by atoms with Crippen molar-refractivity contribution < 1.29 is 9.53 Å². The van der Waals surface area contributed by atoms with Crippen LogP contribution in [0.25, 0.3) is 10.9 Å². The number of ether oxygens (including phenoxy) is 1. The maximum Gasteiger partial charge on any atom is 0.256 e. The van der Waals surface area contributed by atoms with Crippen molar-refractivity contribution >= 4 is 34.1 Å². The van der Waals surface area contributed by atoms with Crippen molar-refractivity contribution in [3.05, 3.63) is 95.5 Å². The number of para-hydroxylation sites is 2. The quantitative estimate of drug-likeness (QED) is 0.481. The number of anilines is 1. The van der Waals surface area contributed by atoms with E-state index in [0.29, 0.717) is 27.7 Å². The summed E-state index contributed by atoms with van der Waals surface area (Å²) in [6, 6.07) is 25.4. The fraction of sp³-hybridized carbons (Fsp3) is 0. The number of benzene rings is 3. The molecule has 4 rings (SSSR count). The summed E-state index contributed by atoms with van der Waals surface area (Å²) in [5.41, 5.74) is 1.90. The molecule has 132 valence electrons. The van der Waals surface area contributed by atoms with Gasteiger partial charge in [0.15, 0.2) is 0 Å². The van der Waals surface area contributed by atoms with Gasteiger partial charge in [-0.25, -0.2) is 4.98 Å². The number of rotatable bonds is 4. The lowest BCUT2D eigenvalue weighted by atomic mass is 10.1. The molecule has 0 saturated carbocycles. The van der Waals surface area contributed by atoms with E-state index in [1.807, 2.05) is 54.6 Å². The van der Waals surface area contributed by atoms with Crippen LogP contribution in [0.4, 0.5) is 5.69 Å². The first-order valence-electron chi connectivity index (χ1n) is 8.39. The van der Waals surface area contributed by atoms with Crippen molar-refractivity contribution in [3.8, 4) is 11.6 Å². The summed E-state index contributed by atoms with van der Waals surface area (Å²) < 4.78 is 5.83. The second-order valence-electron chi connectivity index (χ2n) is 5.90. The number of nitrogens with zero attached hydrogens (tertiary/aromatic N) is 1. The molecule has 0 radical (unpaired) electrons. The highest BCUT2D eigenvalue weighted by Gasteiger charge is 2.14. The number of pyridine rings is 1. The lowest BCUT2D eigenvalue weighted by Gasteiger charge is -2.11. The standard InChI is InChI=1S/C22H15ClN2O2/c23-15-10-12-17(13-11-15)27-21-14-19(18-8-4-5-9-20(18)25-21)22(26)24-16-6-2-1-3-7-16/h1-14H,(H,24,26). The normalized spacial score (nSPS) is 10.6. The van der Waals surface area contributed by atoms with Crippen LogP contribution >= 0.6 is 11.6 Å². The van der Waals surface area contributed by atoms with Crippen LogP contribution in [0, 0.1) is 0 Å². The molecule has 1 N–H and O–H groups in total. The second kappa shape index (κ2) is 7.48. The Morgan fingerprint density at radius 1 is 0.889 bits per heavy atom. The highest BCUT2D eigenvalue weighted by molar-refractivity contribution is 6.30.